The van der Waals surface area contributed by atoms with Gasteiger partial charge in [0.05, 0.1) is 26.2 Å². The molecule has 22 nitrogen and oxygen atoms in total. The van der Waals surface area contributed by atoms with Crippen molar-refractivity contribution in [1.29, 1.82) is 0 Å². The maximum absolute atomic E-state index is 10.6. The molecular formula is C26H48N4O18. The highest BCUT2D eigenvalue weighted by Crippen LogP contribution is 1.94. The fourth-order valence-corrected chi connectivity index (χ4v) is 1.73. The molecule has 0 spiro atoms. The molecule has 0 radical (unpaired) electrons. The van der Waals surface area contributed by atoms with Gasteiger partial charge in [0.2, 0.25) is 0 Å². The molecule has 0 aromatic rings. The minimum Gasteiger partial charge on any atom is -0.481 e. The lowest BCUT2D eigenvalue weighted by Crippen LogP contribution is -2.43. The summed E-state index contributed by atoms with van der Waals surface area (Å²) in [6.45, 7) is 5.10. The van der Waals surface area contributed by atoms with E-state index in [2.05, 4.69) is 0 Å². The summed E-state index contributed by atoms with van der Waals surface area (Å²) >= 11 is 0. The first kappa shape index (κ1) is 58.1. The third kappa shape index (κ3) is 137. The first-order valence-electron chi connectivity index (χ1n) is 12.8. The van der Waals surface area contributed by atoms with Gasteiger partial charge in [-0.25, -0.2) is 4.79 Å². The van der Waals surface area contributed by atoms with E-state index in [9.17, 15) is 24.0 Å². The van der Waals surface area contributed by atoms with Gasteiger partial charge in [0.25, 0.3) is 23.9 Å². The van der Waals surface area contributed by atoms with Crippen molar-refractivity contribution in [3.8, 4) is 0 Å². The quantitative estimate of drug-likeness (QED) is 0.0716. The molecule has 0 saturated heterocycles. The Morgan fingerprint density at radius 3 is 0.812 bits per heavy atom. The summed E-state index contributed by atoms with van der Waals surface area (Å²) < 4.78 is 0. The van der Waals surface area contributed by atoms with Crippen LogP contribution >= 0.6 is 0 Å². The highest BCUT2D eigenvalue weighted by molar-refractivity contribution is 5.80. The fraction of sp³-hybridized carbons (Fsp3) is 0.500. The van der Waals surface area contributed by atoms with E-state index in [1.54, 1.807) is 12.2 Å². The summed E-state index contributed by atoms with van der Waals surface area (Å²) in [4.78, 5) is 90.1. The number of hydrogen-bond acceptors (Lipinski definition) is 13. The summed E-state index contributed by atoms with van der Waals surface area (Å²) in [7, 11) is 0. The van der Waals surface area contributed by atoms with Gasteiger partial charge in [-0.1, -0.05) is 18.2 Å². The second kappa shape index (κ2) is 43.7. The lowest BCUT2D eigenvalue weighted by molar-refractivity contribution is -0.145. The van der Waals surface area contributed by atoms with Gasteiger partial charge in [-0.05, 0) is 6.92 Å². The zero-order valence-corrected chi connectivity index (χ0v) is 27.2. The molecule has 0 aromatic heterocycles. The molecule has 0 unspecified atom stereocenters. The largest absolute Gasteiger partial charge is 0.481 e. The normalized spacial score (nSPS) is 9.02. The Balaban J connectivity index is -0.0000000979. The van der Waals surface area contributed by atoms with E-state index in [0.717, 1.165) is 43.6 Å². The molecule has 0 aliphatic carbocycles. The molecule has 0 heterocycles. The van der Waals surface area contributed by atoms with Crippen LogP contribution in [0.4, 0.5) is 0 Å². The highest BCUT2D eigenvalue weighted by Gasteiger charge is 2.18. The predicted molar refractivity (Wildman–Crippen MR) is 166 cm³/mol. The lowest BCUT2D eigenvalue weighted by atomic mass is 10.4. The van der Waals surface area contributed by atoms with Crippen molar-refractivity contribution in [2.24, 2.45) is 11.5 Å². The number of carboxylic acid groups (broad SMARTS) is 9. The third-order valence-corrected chi connectivity index (χ3v) is 2.88. The number of aliphatic carboxylic acids is 9. The first-order valence-corrected chi connectivity index (χ1v) is 12.8. The monoisotopic (exact) mass is 704 g/mol. The molecular weight excluding hydrogens is 656 g/mol. The Morgan fingerprint density at radius 2 is 0.688 bits per heavy atom. The number of hydrogen-bond donors (Lipinski definition) is 11. The topological polar surface area (TPSA) is 394 Å². The van der Waals surface area contributed by atoms with Gasteiger partial charge in [0.1, 0.15) is 0 Å². The SMILES string of the molecule is CC(=O)O.CC(=O)O.CC(=O)O.CC(=O)O.CC=CC=CC(=O)O.NCCN.O=C(O)CN(CCN(CC(=O)O)CC(=O)O)CC(=O)O. The van der Waals surface area contributed by atoms with Crippen LogP contribution in [0.5, 0.6) is 0 Å². The van der Waals surface area contributed by atoms with Crippen molar-refractivity contribution in [3.63, 3.8) is 0 Å². The van der Waals surface area contributed by atoms with E-state index in [0.29, 0.717) is 13.1 Å². The van der Waals surface area contributed by atoms with Gasteiger partial charge in [0.15, 0.2) is 0 Å². The van der Waals surface area contributed by atoms with Gasteiger partial charge in [-0.2, -0.15) is 0 Å². The van der Waals surface area contributed by atoms with Crippen LogP contribution in [0.25, 0.3) is 0 Å². The molecule has 0 saturated carbocycles. The van der Waals surface area contributed by atoms with Crippen molar-refractivity contribution in [2.75, 3.05) is 52.4 Å². The number of allylic oxidation sites excluding steroid dienone is 3. The van der Waals surface area contributed by atoms with Crippen LogP contribution in [0.2, 0.25) is 0 Å². The zero-order valence-electron chi connectivity index (χ0n) is 27.2. The molecule has 280 valence electrons. The van der Waals surface area contributed by atoms with Gasteiger partial charge < -0.3 is 57.4 Å². The van der Waals surface area contributed by atoms with Crippen LogP contribution in [0, 0.1) is 0 Å². The summed E-state index contributed by atoms with van der Waals surface area (Å²) in [6.07, 6.45) is 5.98. The van der Waals surface area contributed by atoms with E-state index in [-0.39, 0.29) is 13.1 Å². The Bertz CT molecular complexity index is 865. The van der Waals surface area contributed by atoms with Crippen molar-refractivity contribution in [2.45, 2.75) is 34.6 Å². The van der Waals surface area contributed by atoms with Crippen molar-refractivity contribution < 1.29 is 89.1 Å². The van der Waals surface area contributed by atoms with E-state index >= 15 is 0 Å². The minimum absolute atomic E-state index is 0.0703. The number of carboxylic acids is 9. The standard InChI is InChI=1S/C10H16N2O8.C6H8O2.C2H8N2.4C2H4O2/c13-7(14)3-11(4-8(15)16)1-2-12(5-9(17)18)6-10(19)20;1-2-3-4-5-6(7)8;3-1-2-4;4*1-2(3)4/h1-6H2,(H,13,14)(H,15,16)(H,17,18)(H,19,20);2-5H,1H3,(H,7,8);1-4H2;4*1H3,(H,3,4). The van der Waals surface area contributed by atoms with Crippen LogP contribution in [-0.2, 0) is 43.2 Å². The van der Waals surface area contributed by atoms with Crippen molar-refractivity contribution in [3.05, 3.63) is 24.3 Å². The van der Waals surface area contributed by atoms with E-state index in [4.69, 9.17) is 76.6 Å². The molecule has 0 aliphatic rings. The molecule has 0 rings (SSSR count). The Labute approximate surface area is 275 Å². The summed E-state index contributed by atoms with van der Waals surface area (Å²) in [6, 6.07) is 0. The van der Waals surface area contributed by atoms with Crippen LogP contribution in [-0.4, -0.2) is 162 Å². The Hall–Kier alpha value is -5.45. The summed E-state index contributed by atoms with van der Waals surface area (Å²) in [5.41, 5.74) is 9.81. The lowest BCUT2D eigenvalue weighted by Gasteiger charge is -2.23. The molecule has 0 amide bonds. The molecule has 13 N–H and O–H groups in total. The molecule has 22 heteroatoms. The second-order valence-electron chi connectivity index (χ2n) is 7.87. The van der Waals surface area contributed by atoms with Crippen molar-refractivity contribution >= 4 is 53.7 Å². The maximum Gasteiger partial charge on any atom is 0.328 e. The van der Waals surface area contributed by atoms with Gasteiger partial charge in [-0.3, -0.25) is 48.2 Å². The van der Waals surface area contributed by atoms with Gasteiger partial charge >= 0.3 is 29.8 Å². The van der Waals surface area contributed by atoms with Crippen LogP contribution in [0.1, 0.15) is 34.6 Å². The fourth-order valence-electron chi connectivity index (χ4n) is 1.73. The average Bonchev–Trinajstić information content (AvgIpc) is 2.85. The molecule has 0 atom stereocenters. The van der Waals surface area contributed by atoms with E-state index in [1.807, 2.05) is 6.92 Å². The van der Waals surface area contributed by atoms with Crippen molar-refractivity contribution in [1.82, 2.24) is 9.80 Å². The van der Waals surface area contributed by atoms with Gasteiger partial charge in [0, 0.05) is 59.9 Å². The van der Waals surface area contributed by atoms with Crippen LogP contribution < -0.4 is 11.5 Å². The highest BCUT2D eigenvalue weighted by atomic mass is 16.4. The summed E-state index contributed by atoms with van der Waals surface area (Å²) in [5, 5.41) is 72.2. The van der Waals surface area contributed by atoms with E-state index in [1.165, 1.54) is 6.08 Å². The number of nitrogens with zero attached hydrogens (tertiary/aromatic N) is 2. The van der Waals surface area contributed by atoms with Gasteiger partial charge in [-0.15, -0.1) is 0 Å². The second-order valence-corrected chi connectivity index (χ2v) is 7.87. The molecule has 0 bridgehead atoms. The smallest absolute Gasteiger partial charge is 0.328 e. The molecule has 48 heavy (non-hydrogen) atoms. The molecule has 0 fully saturated rings. The van der Waals surface area contributed by atoms with E-state index < -0.39 is 79.9 Å². The number of carbonyl (C=O) groups is 9. The molecule has 0 aromatic carbocycles. The minimum atomic E-state index is -1.23. The van der Waals surface area contributed by atoms with Crippen LogP contribution in [0.15, 0.2) is 24.3 Å². The third-order valence-electron chi connectivity index (χ3n) is 2.88. The predicted octanol–water partition coefficient (Wildman–Crippen LogP) is -1.60. The zero-order chi connectivity index (χ0) is 39.8. The Kier molecular flexibility index (Phi) is 52.9. The molecule has 0 aliphatic heterocycles. The Morgan fingerprint density at radius 1 is 0.479 bits per heavy atom. The van der Waals surface area contributed by atoms with Crippen LogP contribution in [0.3, 0.4) is 0 Å². The number of nitrogens with two attached hydrogens (primary N) is 2. The number of rotatable bonds is 14. The average molecular weight is 705 g/mol. The maximum atomic E-state index is 10.6. The first-order chi connectivity index (χ1) is 21.8. The summed E-state index contributed by atoms with van der Waals surface area (Å²) in [5.74, 6) is -9.16.